The zero-order valence-corrected chi connectivity index (χ0v) is 17.5. The van der Waals surface area contributed by atoms with Crippen molar-refractivity contribution in [3.8, 4) is 0 Å². The van der Waals surface area contributed by atoms with Crippen molar-refractivity contribution in [3.63, 3.8) is 0 Å². The molecule has 8 heteroatoms. The Morgan fingerprint density at radius 3 is 2.61 bits per heavy atom. The van der Waals surface area contributed by atoms with Crippen LogP contribution in [0.1, 0.15) is 20.8 Å². The van der Waals surface area contributed by atoms with Crippen LogP contribution in [0.4, 0.5) is 0 Å². The summed E-state index contributed by atoms with van der Waals surface area (Å²) in [5, 5.41) is 2.49. The first-order chi connectivity index (χ1) is 13.3. The van der Waals surface area contributed by atoms with Gasteiger partial charge in [0.25, 0.3) is 5.91 Å². The van der Waals surface area contributed by atoms with Crippen molar-refractivity contribution in [1.29, 1.82) is 0 Å². The molecular formula is C20H19ClN2O3S2. The van der Waals surface area contributed by atoms with Crippen molar-refractivity contribution in [2.45, 2.75) is 18.0 Å². The van der Waals surface area contributed by atoms with Crippen LogP contribution in [-0.4, -0.2) is 26.3 Å². The van der Waals surface area contributed by atoms with E-state index in [0.29, 0.717) is 17.1 Å². The Morgan fingerprint density at radius 1 is 1.11 bits per heavy atom. The van der Waals surface area contributed by atoms with Crippen molar-refractivity contribution < 1.29 is 13.2 Å². The van der Waals surface area contributed by atoms with Crippen LogP contribution in [0, 0.1) is 0 Å². The molecule has 3 aromatic rings. The SMILES string of the molecule is CN(Cc1cccc(Cl)c1)C(=O)c1cccc(S(=O)(=O)NCc2cccs2)c1. The number of nitrogens with one attached hydrogen (secondary N) is 1. The number of thiophene rings is 1. The Bertz CT molecular complexity index is 1070. The molecule has 0 aliphatic rings. The minimum atomic E-state index is -3.71. The normalized spacial score (nSPS) is 11.4. The summed E-state index contributed by atoms with van der Waals surface area (Å²) in [6.45, 7) is 0.583. The first kappa shape index (κ1) is 20.5. The van der Waals surface area contributed by atoms with Gasteiger partial charge in [0.2, 0.25) is 10.0 Å². The molecule has 2 aromatic carbocycles. The molecule has 28 heavy (non-hydrogen) atoms. The molecule has 0 fully saturated rings. The number of amides is 1. The number of hydrogen-bond acceptors (Lipinski definition) is 4. The van der Waals surface area contributed by atoms with Crippen LogP contribution in [0.15, 0.2) is 70.9 Å². The lowest BCUT2D eigenvalue weighted by Gasteiger charge is -2.18. The predicted octanol–water partition coefficient (Wildman–Crippen LogP) is 4.15. The molecule has 5 nitrogen and oxygen atoms in total. The first-order valence-electron chi connectivity index (χ1n) is 8.47. The summed E-state index contributed by atoms with van der Waals surface area (Å²) >= 11 is 7.46. The van der Waals surface area contributed by atoms with Gasteiger partial charge in [-0.3, -0.25) is 4.79 Å². The molecule has 0 atom stereocenters. The van der Waals surface area contributed by atoms with Crippen LogP contribution in [0.25, 0.3) is 0 Å². The monoisotopic (exact) mass is 434 g/mol. The number of nitrogens with zero attached hydrogens (tertiary/aromatic N) is 1. The molecule has 0 radical (unpaired) electrons. The summed E-state index contributed by atoms with van der Waals surface area (Å²) < 4.78 is 27.7. The first-order valence-corrected chi connectivity index (χ1v) is 11.2. The Hall–Kier alpha value is -2.19. The third-order valence-electron chi connectivity index (χ3n) is 4.06. The van der Waals surface area contributed by atoms with E-state index in [1.165, 1.54) is 28.4 Å². The van der Waals surface area contributed by atoms with Gasteiger partial charge in [-0.2, -0.15) is 0 Å². The minimum absolute atomic E-state index is 0.0612. The van der Waals surface area contributed by atoms with Crippen LogP contribution in [0.5, 0.6) is 0 Å². The minimum Gasteiger partial charge on any atom is -0.337 e. The van der Waals surface area contributed by atoms with Crippen LogP contribution in [-0.2, 0) is 23.1 Å². The van der Waals surface area contributed by atoms with Gasteiger partial charge in [-0.1, -0.05) is 35.9 Å². The van der Waals surface area contributed by atoms with Crippen molar-refractivity contribution >= 4 is 38.9 Å². The van der Waals surface area contributed by atoms with Crippen molar-refractivity contribution in [1.82, 2.24) is 9.62 Å². The topological polar surface area (TPSA) is 66.5 Å². The molecule has 1 heterocycles. The summed E-state index contributed by atoms with van der Waals surface area (Å²) in [4.78, 5) is 15.2. The Labute approximate surface area is 173 Å². The van der Waals surface area contributed by atoms with Gasteiger partial charge in [-0.25, -0.2) is 13.1 Å². The molecule has 0 spiro atoms. The van der Waals surface area contributed by atoms with E-state index >= 15 is 0 Å². The quantitative estimate of drug-likeness (QED) is 0.607. The lowest BCUT2D eigenvalue weighted by molar-refractivity contribution is 0.0785. The Kier molecular flexibility index (Phi) is 6.51. The van der Waals surface area contributed by atoms with Gasteiger partial charge >= 0.3 is 0 Å². The smallest absolute Gasteiger partial charge is 0.253 e. The second kappa shape index (κ2) is 8.87. The third-order valence-corrected chi connectivity index (χ3v) is 6.57. The Balaban J connectivity index is 1.73. The van der Waals surface area contributed by atoms with Gasteiger partial charge in [0.1, 0.15) is 0 Å². The highest BCUT2D eigenvalue weighted by Gasteiger charge is 2.18. The lowest BCUT2D eigenvalue weighted by Crippen LogP contribution is -2.27. The van der Waals surface area contributed by atoms with Crippen LogP contribution >= 0.6 is 22.9 Å². The van der Waals surface area contributed by atoms with Gasteiger partial charge < -0.3 is 4.90 Å². The van der Waals surface area contributed by atoms with Gasteiger partial charge in [-0.05, 0) is 47.3 Å². The summed E-state index contributed by atoms with van der Waals surface area (Å²) in [6, 6.07) is 17.0. The molecule has 0 aliphatic heterocycles. The zero-order chi connectivity index (χ0) is 20.1. The largest absolute Gasteiger partial charge is 0.337 e. The van der Waals surface area contributed by atoms with Gasteiger partial charge in [-0.15, -0.1) is 11.3 Å². The van der Waals surface area contributed by atoms with Crippen molar-refractivity contribution in [2.75, 3.05) is 7.05 Å². The molecule has 0 bridgehead atoms. The molecule has 1 aromatic heterocycles. The molecular weight excluding hydrogens is 416 g/mol. The highest BCUT2D eigenvalue weighted by Crippen LogP contribution is 2.17. The summed E-state index contributed by atoms with van der Waals surface area (Å²) in [5.41, 5.74) is 1.20. The summed E-state index contributed by atoms with van der Waals surface area (Å²) in [7, 11) is -2.05. The number of hydrogen-bond donors (Lipinski definition) is 1. The maximum absolute atomic E-state index is 12.7. The molecule has 146 valence electrons. The second-order valence-electron chi connectivity index (χ2n) is 6.22. The number of halogens is 1. The highest BCUT2D eigenvalue weighted by atomic mass is 35.5. The number of carbonyl (C=O) groups excluding carboxylic acids is 1. The highest BCUT2D eigenvalue weighted by molar-refractivity contribution is 7.89. The number of carbonyl (C=O) groups is 1. The maximum atomic E-state index is 12.7. The van der Waals surface area contributed by atoms with E-state index in [1.54, 1.807) is 31.3 Å². The zero-order valence-electron chi connectivity index (χ0n) is 15.1. The van der Waals surface area contributed by atoms with Crippen molar-refractivity contribution in [3.05, 3.63) is 87.1 Å². The van der Waals surface area contributed by atoms with E-state index in [9.17, 15) is 13.2 Å². The number of sulfonamides is 1. The van der Waals surface area contributed by atoms with Crippen LogP contribution in [0.3, 0.4) is 0 Å². The number of rotatable bonds is 7. The lowest BCUT2D eigenvalue weighted by atomic mass is 10.1. The van der Waals surface area contributed by atoms with E-state index in [0.717, 1.165) is 10.4 Å². The van der Waals surface area contributed by atoms with E-state index in [4.69, 9.17) is 11.6 Å². The molecule has 0 aliphatic carbocycles. The van der Waals surface area contributed by atoms with Gasteiger partial charge in [0, 0.05) is 35.6 Å². The fourth-order valence-corrected chi connectivity index (χ4v) is 4.66. The maximum Gasteiger partial charge on any atom is 0.253 e. The predicted molar refractivity (Wildman–Crippen MR) is 112 cm³/mol. The fourth-order valence-electron chi connectivity index (χ4n) is 2.66. The van der Waals surface area contributed by atoms with E-state index in [2.05, 4.69) is 4.72 Å². The molecule has 0 saturated carbocycles. The standard InChI is InChI=1S/C20H19ClN2O3S2/c1-23(14-15-5-2-7-17(21)11-15)20(24)16-6-3-9-19(12-16)28(25,26)22-13-18-8-4-10-27-18/h2-12,22H,13-14H2,1H3. The molecule has 1 amide bonds. The molecule has 1 N–H and O–H groups in total. The van der Waals surface area contributed by atoms with E-state index in [-0.39, 0.29) is 17.3 Å². The van der Waals surface area contributed by atoms with Crippen LogP contribution < -0.4 is 4.72 Å². The molecule has 0 unspecified atom stereocenters. The average Bonchev–Trinajstić information content (AvgIpc) is 3.20. The van der Waals surface area contributed by atoms with Crippen molar-refractivity contribution in [2.24, 2.45) is 0 Å². The second-order valence-corrected chi connectivity index (χ2v) is 9.46. The summed E-state index contributed by atoms with van der Waals surface area (Å²) in [5.74, 6) is -0.268. The Morgan fingerprint density at radius 2 is 1.89 bits per heavy atom. The van der Waals surface area contributed by atoms with E-state index < -0.39 is 10.0 Å². The fraction of sp³-hybridized carbons (Fsp3) is 0.150. The molecule has 3 rings (SSSR count). The summed E-state index contributed by atoms with van der Waals surface area (Å²) in [6.07, 6.45) is 0. The van der Waals surface area contributed by atoms with Crippen LogP contribution in [0.2, 0.25) is 5.02 Å². The molecule has 0 saturated heterocycles. The van der Waals surface area contributed by atoms with Gasteiger partial charge in [0.05, 0.1) is 4.90 Å². The average molecular weight is 435 g/mol. The third kappa shape index (κ3) is 5.20. The van der Waals surface area contributed by atoms with Gasteiger partial charge in [0.15, 0.2) is 0 Å². The van der Waals surface area contributed by atoms with E-state index in [1.807, 2.05) is 29.6 Å². The number of benzene rings is 2.